The first kappa shape index (κ1) is 14.3. The summed E-state index contributed by atoms with van der Waals surface area (Å²) in [5, 5.41) is 10.5. The molecular weight excluding hydrogens is 262 g/mol. The Bertz CT molecular complexity index is 501. The molecule has 108 valence electrons. The summed E-state index contributed by atoms with van der Waals surface area (Å²) in [5.74, 6) is 0.314. The smallest absolute Gasteiger partial charge is 0.410 e. The number of non-ortho nitro benzene ring substituents is 1. The van der Waals surface area contributed by atoms with Crippen LogP contribution < -0.4 is 4.74 Å². The Morgan fingerprint density at radius 3 is 2.55 bits per heavy atom. The Morgan fingerprint density at radius 2 is 2.05 bits per heavy atom. The van der Waals surface area contributed by atoms with E-state index in [4.69, 9.17) is 4.74 Å². The van der Waals surface area contributed by atoms with E-state index in [0.717, 1.165) is 6.42 Å². The number of nitrogens with zero attached hydrogens (tertiary/aromatic N) is 3. The average Bonchev–Trinajstić information content (AvgIpc) is 2.89. The number of hydrogen-bond acceptors (Lipinski definition) is 5. The molecule has 0 saturated carbocycles. The lowest BCUT2D eigenvalue weighted by Crippen LogP contribution is -2.35. The Kier molecular flexibility index (Phi) is 4.19. The normalized spacial score (nSPS) is 18.4. The van der Waals surface area contributed by atoms with Gasteiger partial charge < -0.3 is 14.5 Å². The molecule has 0 N–H and O–H groups in total. The third-order valence-electron chi connectivity index (χ3n) is 3.40. The van der Waals surface area contributed by atoms with E-state index in [0.29, 0.717) is 24.9 Å². The average molecular weight is 279 g/mol. The van der Waals surface area contributed by atoms with Crippen LogP contribution in [0.4, 0.5) is 10.5 Å². The fourth-order valence-corrected chi connectivity index (χ4v) is 2.13. The molecule has 20 heavy (non-hydrogen) atoms. The van der Waals surface area contributed by atoms with E-state index in [-0.39, 0.29) is 5.69 Å². The molecule has 1 unspecified atom stereocenters. The molecule has 0 bridgehead atoms. The Morgan fingerprint density at radius 1 is 1.40 bits per heavy atom. The molecule has 1 aliphatic heterocycles. The van der Waals surface area contributed by atoms with Gasteiger partial charge in [-0.05, 0) is 32.6 Å². The lowest BCUT2D eigenvalue weighted by atomic mass is 10.2. The highest BCUT2D eigenvalue weighted by Gasteiger charge is 2.28. The van der Waals surface area contributed by atoms with Crippen LogP contribution in [0.15, 0.2) is 24.3 Å². The summed E-state index contributed by atoms with van der Waals surface area (Å²) in [5.41, 5.74) is -0.0290. The topological polar surface area (TPSA) is 75.9 Å². The first-order chi connectivity index (χ1) is 9.47. The number of nitro groups is 1. The van der Waals surface area contributed by atoms with Crippen molar-refractivity contribution in [3.8, 4) is 5.75 Å². The fourth-order valence-electron chi connectivity index (χ4n) is 2.13. The van der Waals surface area contributed by atoms with Gasteiger partial charge in [-0.1, -0.05) is 0 Å². The number of ether oxygens (including phenoxy) is 1. The number of carbonyl (C=O) groups excluding carboxylic acids is 1. The van der Waals surface area contributed by atoms with Crippen LogP contribution in [-0.4, -0.2) is 54.0 Å². The SMILES string of the molecule is CN(C)C1CCN(C(=O)Oc2ccc([N+](=O)[O-])cc2)C1. The summed E-state index contributed by atoms with van der Waals surface area (Å²) >= 11 is 0. The summed E-state index contributed by atoms with van der Waals surface area (Å²) in [6.45, 7) is 1.30. The lowest BCUT2D eigenvalue weighted by molar-refractivity contribution is -0.384. The second-order valence-electron chi connectivity index (χ2n) is 4.97. The van der Waals surface area contributed by atoms with Gasteiger partial charge in [0.2, 0.25) is 0 Å². The van der Waals surface area contributed by atoms with Crippen LogP contribution in [0.1, 0.15) is 6.42 Å². The molecule has 1 amide bonds. The molecule has 2 rings (SSSR count). The van der Waals surface area contributed by atoms with E-state index in [1.165, 1.54) is 24.3 Å². The van der Waals surface area contributed by atoms with Crippen LogP contribution >= 0.6 is 0 Å². The van der Waals surface area contributed by atoms with Gasteiger partial charge in [-0.3, -0.25) is 10.1 Å². The highest BCUT2D eigenvalue weighted by atomic mass is 16.6. The number of rotatable bonds is 3. The summed E-state index contributed by atoms with van der Waals surface area (Å²) in [6.07, 6.45) is 0.505. The first-order valence-electron chi connectivity index (χ1n) is 6.35. The highest BCUT2D eigenvalue weighted by Crippen LogP contribution is 2.20. The molecule has 1 saturated heterocycles. The molecule has 1 fully saturated rings. The van der Waals surface area contributed by atoms with Gasteiger partial charge in [0.1, 0.15) is 5.75 Å². The second-order valence-corrected chi connectivity index (χ2v) is 4.97. The molecule has 7 nitrogen and oxygen atoms in total. The van der Waals surface area contributed by atoms with Crippen LogP contribution in [0, 0.1) is 10.1 Å². The number of hydrogen-bond donors (Lipinski definition) is 0. The van der Waals surface area contributed by atoms with Gasteiger partial charge in [-0.15, -0.1) is 0 Å². The summed E-state index contributed by atoms with van der Waals surface area (Å²) in [6, 6.07) is 5.83. The zero-order valence-corrected chi connectivity index (χ0v) is 11.5. The van der Waals surface area contributed by atoms with E-state index in [1.807, 2.05) is 14.1 Å². The molecular formula is C13H17N3O4. The molecule has 1 aliphatic rings. The third kappa shape index (κ3) is 3.24. The number of amides is 1. The Labute approximate surface area is 116 Å². The minimum Gasteiger partial charge on any atom is -0.410 e. The number of likely N-dealkylation sites (N-methyl/N-ethyl adjacent to an activating group) is 1. The quantitative estimate of drug-likeness (QED) is 0.622. The van der Waals surface area contributed by atoms with Crippen LogP contribution in [0.5, 0.6) is 5.75 Å². The lowest BCUT2D eigenvalue weighted by Gasteiger charge is -2.20. The van der Waals surface area contributed by atoms with Crippen molar-refractivity contribution in [3.63, 3.8) is 0 Å². The molecule has 0 spiro atoms. The molecule has 0 aromatic heterocycles. The Balaban J connectivity index is 1.93. The van der Waals surface area contributed by atoms with Gasteiger partial charge in [-0.25, -0.2) is 4.79 Å². The van der Waals surface area contributed by atoms with Crippen LogP contribution in [0.25, 0.3) is 0 Å². The monoisotopic (exact) mass is 279 g/mol. The number of nitro benzene ring substituents is 1. The highest BCUT2D eigenvalue weighted by molar-refractivity contribution is 5.71. The van der Waals surface area contributed by atoms with Gasteiger partial charge in [0.15, 0.2) is 0 Å². The molecule has 1 aromatic rings. The van der Waals surface area contributed by atoms with Crippen molar-refractivity contribution in [2.24, 2.45) is 0 Å². The predicted molar refractivity (Wildman–Crippen MR) is 72.8 cm³/mol. The maximum atomic E-state index is 12.0. The summed E-state index contributed by atoms with van der Waals surface area (Å²) in [4.78, 5) is 25.7. The Hall–Kier alpha value is -2.15. The van der Waals surface area contributed by atoms with Crippen molar-refractivity contribution in [1.29, 1.82) is 0 Å². The largest absolute Gasteiger partial charge is 0.415 e. The molecule has 1 aromatic carbocycles. The molecule has 0 aliphatic carbocycles. The van der Waals surface area contributed by atoms with Crippen LogP contribution in [0.3, 0.4) is 0 Å². The summed E-state index contributed by atoms with van der Waals surface area (Å²) in [7, 11) is 3.96. The number of benzene rings is 1. The van der Waals surface area contributed by atoms with Crippen molar-refractivity contribution in [3.05, 3.63) is 34.4 Å². The molecule has 0 radical (unpaired) electrons. The predicted octanol–water partition coefficient (Wildman–Crippen LogP) is 1.73. The van der Waals surface area contributed by atoms with Crippen molar-refractivity contribution in [2.45, 2.75) is 12.5 Å². The fraction of sp³-hybridized carbons (Fsp3) is 0.462. The summed E-state index contributed by atoms with van der Waals surface area (Å²) < 4.78 is 5.21. The zero-order valence-electron chi connectivity index (χ0n) is 11.5. The van der Waals surface area contributed by atoms with Crippen molar-refractivity contribution >= 4 is 11.8 Å². The van der Waals surface area contributed by atoms with Crippen LogP contribution in [0.2, 0.25) is 0 Å². The molecule has 7 heteroatoms. The van der Waals surface area contributed by atoms with Gasteiger partial charge >= 0.3 is 6.09 Å². The minimum absolute atomic E-state index is 0.0290. The van der Waals surface area contributed by atoms with Gasteiger partial charge in [0, 0.05) is 31.3 Å². The maximum absolute atomic E-state index is 12.0. The van der Waals surface area contributed by atoms with Gasteiger partial charge in [-0.2, -0.15) is 0 Å². The van der Waals surface area contributed by atoms with Crippen molar-refractivity contribution in [2.75, 3.05) is 27.2 Å². The van der Waals surface area contributed by atoms with E-state index in [1.54, 1.807) is 4.90 Å². The number of likely N-dealkylation sites (tertiary alicyclic amines) is 1. The van der Waals surface area contributed by atoms with Crippen molar-refractivity contribution in [1.82, 2.24) is 9.80 Å². The van der Waals surface area contributed by atoms with Gasteiger partial charge in [0.05, 0.1) is 4.92 Å². The first-order valence-corrected chi connectivity index (χ1v) is 6.35. The molecule has 1 heterocycles. The minimum atomic E-state index is -0.492. The van der Waals surface area contributed by atoms with E-state index in [2.05, 4.69) is 4.90 Å². The van der Waals surface area contributed by atoms with Crippen molar-refractivity contribution < 1.29 is 14.5 Å². The van der Waals surface area contributed by atoms with E-state index < -0.39 is 11.0 Å². The van der Waals surface area contributed by atoms with E-state index >= 15 is 0 Å². The number of carbonyl (C=O) groups is 1. The molecule has 1 atom stereocenters. The standard InChI is InChI=1S/C13H17N3O4/c1-14(2)11-7-8-15(9-11)13(17)20-12-5-3-10(4-6-12)16(18)19/h3-6,11H,7-9H2,1-2H3. The third-order valence-corrected chi connectivity index (χ3v) is 3.40. The second kappa shape index (κ2) is 5.87. The van der Waals surface area contributed by atoms with Gasteiger partial charge in [0.25, 0.3) is 5.69 Å². The van der Waals surface area contributed by atoms with E-state index in [9.17, 15) is 14.9 Å². The maximum Gasteiger partial charge on any atom is 0.415 e. The van der Waals surface area contributed by atoms with Crippen LogP contribution in [-0.2, 0) is 0 Å². The zero-order chi connectivity index (χ0) is 14.7.